The van der Waals surface area contributed by atoms with E-state index in [-0.39, 0.29) is 5.41 Å². The Bertz CT molecular complexity index is 294. The third-order valence-corrected chi connectivity index (χ3v) is 4.34. The largest absolute Gasteiger partial charge is 0.350 e. The smallest absolute Gasteiger partial charge is 0.332 e. The summed E-state index contributed by atoms with van der Waals surface area (Å²) in [5.74, 6) is 0.836. The van der Waals surface area contributed by atoms with E-state index in [0.717, 1.165) is 5.92 Å². The van der Waals surface area contributed by atoms with Gasteiger partial charge < -0.3 is 5.73 Å². The zero-order valence-corrected chi connectivity index (χ0v) is 8.71. The van der Waals surface area contributed by atoms with Gasteiger partial charge >= 0.3 is 6.03 Å². The fourth-order valence-corrected chi connectivity index (χ4v) is 3.06. The van der Waals surface area contributed by atoms with Crippen molar-refractivity contribution < 1.29 is 4.79 Å². The van der Waals surface area contributed by atoms with Crippen molar-refractivity contribution in [3.05, 3.63) is 0 Å². The van der Waals surface area contributed by atoms with Crippen LogP contribution in [0.15, 0.2) is 5.10 Å². The maximum atomic E-state index is 10.4. The molecule has 0 aliphatic heterocycles. The third kappa shape index (κ3) is 1.06. The summed E-state index contributed by atoms with van der Waals surface area (Å²) in [6.07, 6.45) is 5.58. The van der Waals surface area contributed by atoms with Crippen LogP contribution in [-0.2, 0) is 0 Å². The molecule has 0 aromatic rings. The number of carbonyl (C=O) groups excluding carboxylic acids is 1. The van der Waals surface area contributed by atoms with Crippen LogP contribution in [0.5, 0.6) is 0 Å². The Kier molecular flexibility index (Phi) is 1.84. The van der Waals surface area contributed by atoms with Crippen molar-refractivity contribution in [3.8, 4) is 0 Å². The first-order valence-corrected chi connectivity index (χ1v) is 5.08. The predicted molar refractivity (Wildman–Crippen MR) is 54.8 cm³/mol. The van der Waals surface area contributed by atoms with Crippen molar-refractivity contribution in [1.82, 2.24) is 5.43 Å². The maximum absolute atomic E-state index is 10.4. The van der Waals surface area contributed by atoms with Gasteiger partial charge in [0.05, 0.1) is 0 Å². The lowest BCUT2D eigenvalue weighted by atomic mass is 9.51. The van der Waals surface area contributed by atoms with E-state index in [2.05, 4.69) is 24.4 Å². The number of nitrogens with one attached hydrogen (secondary N) is 1. The van der Waals surface area contributed by atoms with E-state index in [4.69, 9.17) is 5.73 Å². The standard InChI is InChI=1S/C10H17N3O/c1-9(2)7-3-4-10(9,5-7)6-12-13-8(11)14/h6-7H,3-5H2,1-2H3,(H3,11,13,14)/b12-6+/t7-,10-/m0/s1. The number of rotatable bonds is 2. The first-order valence-electron chi connectivity index (χ1n) is 5.08. The Morgan fingerprint density at radius 3 is 2.79 bits per heavy atom. The van der Waals surface area contributed by atoms with Gasteiger partial charge in [-0.25, -0.2) is 10.2 Å². The highest BCUT2D eigenvalue weighted by atomic mass is 16.2. The van der Waals surface area contributed by atoms with Gasteiger partial charge in [0, 0.05) is 11.6 Å². The van der Waals surface area contributed by atoms with Crippen LogP contribution in [0.25, 0.3) is 0 Å². The lowest BCUT2D eigenvalue weighted by molar-refractivity contribution is 0.00657. The van der Waals surface area contributed by atoms with Crippen LogP contribution in [0.1, 0.15) is 33.1 Å². The van der Waals surface area contributed by atoms with E-state index in [0.29, 0.717) is 5.41 Å². The molecular formula is C10H17N3O. The van der Waals surface area contributed by atoms with Crippen molar-refractivity contribution in [2.75, 3.05) is 0 Å². The number of nitrogens with zero attached hydrogens (tertiary/aromatic N) is 1. The predicted octanol–water partition coefficient (Wildman–Crippen LogP) is 1.47. The van der Waals surface area contributed by atoms with E-state index in [1.165, 1.54) is 19.3 Å². The molecule has 2 atom stereocenters. The molecule has 2 amide bonds. The Morgan fingerprint density at radius 2 is 2.36 bits per heavy atom. The van der Waals surface area contributed by atoms with Crippen molar-refractivity contribution in [2.24, 2.45) is 27.6 Å². The summed E-state index contributed by atoms with van der Waals surface area (Å²) in [5.41, 5.74) is 7.76. The zero-order valence-electron chi connectivity index (χ0n) is 8.71. The number of hydrogen-bond acceptors (Lipinski definition) is 2. The molecule has 3 saturated carbocycles. The quantitative estimate of drug-likeness (QED) is 0.508. The van der Waals surface area contributed by atoms with E-state index >= 15 is 0 Å². The molecule has 0 saturated heterocycles. The SMILES string of the molecule is CC1(C)[C@H]2CC[C@@]1(/C=N/NC(N)=O)C2. The molecule has 0 aromatic heterocycles. The number of primary amides is 1. The van der Waals surface area contributed by atoms with Crippen molar-refractivity contribution in [2.45, 2.75) is 33.1 Å². The molecule has 3 N–H and O–H groups in total. The van der Waals surface area contributed by atoms with Gasteiger partial charge in [-0.15, -0.1) is 0 Å². The van der Waals surface area contributed by atoms with Crippen LogP contribution >= 0.6 is 0 Å². The minimum absolute atomic E-state index is 0.208. The number of fused-ring (bicyclic) bond motifs is 1. The summed E-state index contributed by atoms with van der Waals surface area (Å²) in [6, 6.07) is -0.593. The number of hydrogen-bond donors (Lipinski definition) is 2. The number of carbonyl (C=O) groups is 1. The molecular weight excluding hydrogens is 178 g/mol. The maximum Gasteiger partial charge on any atom is 0.332 e. The summed E-state index contributed by atoms with van der Waals surface area (Å²) in [5, 5.41) is 3.91. The molecule has 14 heavy (non-hydrogen) atoms. The fraction of sp³-hybridized carbons (Fsp3) is 0.800. The molecule has 3 rings (SSSR count). The average Bonchev–Trinajstić information content (AvgIpc) is 2.59. The summed E-state index contributed by atoms with van der Waals surface area (Å²) >= 11 is 0. The lowest BCUT2D eigenvalue weighted by Crippen LogP contribution is -2.49. The molecule has 3 aliphatic carbocycles. The van der Waals surface area contributed by atoms with E-state index in [9.17, 15) is 4.79 Å². The Hall–Kier alpha value is -1.06. The molecule has 0 heterocycles. The highest BCUT2D eigenvalue weighted by Crippen LogP contribution is 2.69. The first kappa shape index (κ1) is 9.49. The number of amides is 2. The van der Waals surface area contributed by atoms with E-state index in [1.807, 2.05) is 6.21 Å². The molecule has 2 bridgehead atoms. The first-order chi connectivity index (χ1) is 6.48. The van der Waals surface area contributed by atoms with Crippen LogP contribution in [0, 0.1) is 16.7 Å². The van der Waals surface area contributed by atoms with Crippen molar-refractivity contribution in [3.63, 3.8) is 0 Å². The number of urea groups is 1. The van der Waals surface area contributed by atoms with Crippen molar-refractivity contribution >= 4 is 12.2 Å². The topological polar surface area (TPSA) is 67.5 Å². The molecule has 0 unspecified atom stereocenters. The third-order valence-electron chi connectivity index (χ3n) is 4.34. The summed E-state index contributed by atoms with van der Waals surface area (Å²) in [6.45, 7) is 4.56. The van der Waals surface area contributed by atoms with Crippen LogP contribution in [-0.4, -0.2) is 12.2 Å². The monoisotopic (exact) mass is 195 g/mol. The highest BCUT2D eigenvalue weighted by molar-refractivity contribution is 5.75. The summed E-state index contributed by atoms with van der Waals surface area (Å²) in [7, 11) is 0. The molecule has 4 nitrogen and oxygen atoms in total. The van der Waals surface area contributed by atoms with E-state index in [1.54, 1.807) is 0 Å². The van der Waals surface area contributed by atoms with Gasteiger partial charge in [0.1, 0.15) is 0 Å². The van der Waals surface area contributed by atoms with Gasteiger partial charge in [0.25, 0.3) is 0 Å². The lowest BCUT2D eigenvalue weighted by Gasteiger charge is -2.52. The van der Waals surface area contributed by atoms with Gasteiger partial charge in [0.15, 0.2) is 0 Å². The molecule has 3 fully saturated rings. The Balaban J connectivity index is 2.04. The van der Waals surface area contributed by atoms with Gasteiger partial charge in [0.2, 0.25) is 0 Å². The summed E-state index contributed by atoms with van der Waals surface area (Å²) in [4.78, 5) is 10.4. The van der Waals surface area contributed by atoms with Crippen molar-refractivity contribution in [1.29, 1.82) is 0 Å². The molecule has 0 radical (unpaired) electrons. The van der Waals surface area contributed by atoms with Gasteiger partial charge in [-0.3, -0.25) is 0 Å². The van der Waals surface area contributed by atoms with Crippen LogP contribution in [0.2, 0.25) is 0 Å². The Morgan fingerprint density at radius 1 is 1.64 bits per heavy atom. The second-order valence-corrected chi connectivity index (χ2v) is 5.05. The Labute approximate surface area is 83.9 Å². The van der Waals surface area contributed by atoms with Crippen LogP contribution in [0.3, 0.4) is 0 Å². The minimum Gasteiger partial charge on any atom is -0.350 e. The average molecular weight is 195 g/mol. The normalized spacial score (nSPS) is 38.3. The van der Waals surface area contributed by atoms with Gasteiger partial charge in [-0.2, -0.15) is 5.10 Å². The fourth-order valence-electron chi connectivity index (χ4n) is 3.06. The molecule has 3 aliphatic rings. The molecule has 4 heteroatoms. The zero-order chi connectivity index (χ0) is 10.4. The second kappa shape index (κ2) is 2.72. The summed E-state index contributed by atoms with van der Waals surface area (Å²) < 4.78 is 0. The molecule has 0 spiro atoms. The molecule has 0 aromatic carbocycles. The van der Waals surface area contributed by atoms with Crippen LogP contribution in [0.4, 0.5) is 4.79 Å². The minimum atomic E-state index is -0.593. The van der Waals surface area contributed by atoms with E-state index < -0.39 is 6.03 Å². The number of hydrazone groups is 1. The number of nitrogens with two attached hydrogens (primary N) is 1. The molecule has 78 valence electrons. The highest BCUT2D eigenvalue weighted by Gasteiger charge is 2.63. The van der Waals surface area contributed by atoms with Crippen LogP contribution < -0.4 is 11.2 Å². The van der Waals surface area contributed by atoms with Gasteiger partial charge in [-0.1, -0.05) is 13.8 Å². The van der Waals surface area contributed by atoms with Gasteiger partial charge in [-0.05, 0) is 30.6 Å². The second-order valence-electron chi connectivity index (χ2n) is 5.05.